The summed E-state index contributed by atoms with van der Waals surface area (Å²) in [5, 5.41) is 3.12. The van der Waals surface area contributed by atoms with Crippen LogP contribution in [0.2, 0.25) is 0 Å². The summed E-state index contributed by atoms with van der Waals surface area (Å²) in [6.07, 6.45) is 0. The Morgan fingerprint density at radius 2 is 1.67 bits per heavy atom. The first-order chi connectivity index (χ1) is 9.97. The molecule has 0 aliphatic carbocycles. The molecule has 0 spiro atoms. The molecule has 0 unspecified atom stereocenters. The Morgan fingerprint density at radius 1 is 1.00 bits per heavy atom. The summed E-state index contributed by atoms with van der Waals surface area (Å²) in [6.45, 7) is 7.39. The number of hydrogen-bond donors (Lipinski definition) is 1. The second-order valence-corrected chi connectivity index (χ2v) is 7.20. The van der Waals surface area contributed by atoms with E-state index in [1.807, 2.05) is 6.07 Å². The van der Waals surface area contributed by atoms with Crippen LogP contribution in [-0.4, -0.2) is 12.3 Å². The molecular formula is C18H22FNS. The largest absolute Gasteiger partial charge is 0.382 e. The van der Waals surface area contributed by atoms with Gasteiger partial charge >= 0.3 is 0 Å². The van der Waals surface area contributed by atoms with Crippen molar-refractivity contribution in [1.29, 1.82) is 0 Å². The van der Waals surface area contributed by atoms with Gasteiger partial charge in [-0.15, -0.1) is 11.8 Å². The third kappa shape index (κ3) is 4.78. The summed E-state index contributed by atoms with van der Waals surface area (Å²) in [5.74, 6) is 0.709. The van der Waals surface area contributed by atoms with E-state index in [1.54, 1.807) is 23.9 Å². The fourth-order valence-electron chi connectivity index (χ4n) is 2.01. The zero-order chi connectivity index (χ0) is 15.3. The van der Waals surface area contributed by atoms with Crippen LogP contribution in [0, 0.1) is 5.82 Å². The van der Waals surface area contributed by atoms with Crippen LogP contribution in [0.15, 0.2) is 53.4 Å². The molecule has 0 aromatic heterocycles. The molecule has 0 fully saturated rings. The van der Waals surface area contributed by atoms with E-state index >= 15 is 0 Å². The molecule has 0 radical (unpaired) electrons. The van der Waals surface area contributed by atoms with E-state index in [0.717, 1.165) is 12.3 Å². The molecule has 0 bridgehead atoms. The zero-order valence-electron chi connectivity index (χ0n) is 12.8. The van der Waals surface area contributed by atoms with Crippen LogP contribution in [0.3, 0.4) is 0 Å². The van der Waals surface area contributed by atoms with E-state index in [1.165, 1.54) is 16.5 Å². The molecule has 1 nitrogen and oxygen atoms in total. The average Bonchev–Trinajstić information content (AvgIpc) is 2.45. The number of halogens is 1. The minimum Gasteiger partial charge on any atom is -0.382 e. The highest BCUT2D eigenvalue weighted by Crippen LogP contribution is 2.25. The van der Waals surface area contributed by atoms with Gasteiger partial charge in [-0.2, -0.15) is 0 Å². The van der Waals surface area contributed by atoms with Gasteiger partial charge in [-0.3, -0.25) is 0 Å². The first-order valence-corrected chi connectivity index (χ1v) is 8.17. The summed E-state index contributed by atoms with van der Waals surface area (Å²) in [6, 6.07) is 15.5. The Labute approximate surface area is 131 Å². The Hall–Kier alpha value is -1.48. The number of para-hydroxylation sites is 1. The molecule has 0 heterocycles. The van der Waals surface area contributed by atoms with E-state index in [0.29, 0.717) is 5.69 Å². The molecule has 2 aromatic carbocycles. The van der Waals surface area contributed by atoms with Gasteiger partial charge in [0.25, 0.3) is 0 Å². The third-order valence-electron chi connectivity index (χ3n) is 3.28. The number of anilines is 1. The molecule has 3 heteroatoms. The van der Waals surface area contributed by atoms with E-state index in [4.69, 9.17) is 0 Å². The number of thioether (sulfide) groups is 1. The molecule has 1 N–H and O–H groups in total. The summed E-state index contributed by atoms with van der Waals surface area (Å²) >= 11 is 1.78. The maximum Gasteiger partial charge on any atom is 0.146 e. The van der Waals surface area contributed by atoms with Crippen LogP contribution in [0.5, 0.6) is 0 Å². The summed E-state index contributed by atoms with van der Waals surface area (Å²) in [7, 11) is 0. The van der Waals surface area contributed by atoms with Crippen LogP contribution in [-0.2, 0) is 5.41 Å². The third-order valence-corrected chi connectivity index (χ3v) is 4.29. The van der Waals surface area contributed by atoms with E-state index < -0.39 is 0 Å². The van der Waals surface area contributed by atoms with Crippen molar-refractivity contribution in [2.45, 2.75) is 31.1 Å². The van der Waals surface area contributed by atoms with Gasteiger partial charge in [0.05, 0.1) is 5.69 Å². The molecule has 0 saturated heterocycles. The Kier molecular flexibility index (Phi) is 5.29. The fraction of sp³-hybridized carbons (Fsp3) is 0.333. The van der Waals surface area contributed by atoms with Crippen molar-refractivity contribution in [1.82, 2.24) is 0 Å². The first kappa shape index (κ1) is 15.9. The van der Waals surface area contributed by atoms with Crippen molar-refractivity contribution in [3.63, 3.8) is 0 Å². The smallest absolute Gasteiger partial charge is 0.146 e. The molecule has 0 aliphatic heterocycles. The lowest BCUT2D eigenvalue weighted by atomic mass is 9.87. The van der Waals surface area contributed by atoms with Crippen LogP contribution in [0.4, 0.5) is 10.1 Å². The second kappa shape index (κ2) is 6.99. The topological polar surface area (TPSA) is 12.0 Å². The minimum absolute atomic E-state index is 0.190. The first-order valence-electron chi connectivity index (χ1n) is 7.18. The second-order valence-electron chi connectivity index (χ2n) is 6.03. The zero-order valence-corrected chi connectivity index (χ0v) is 13.6. The molecule has 112 valence electrons. The van der Waals surface area contributed by atoms with Crippen molar-refractivity contribution in [2.24, 2.45) is 0 Å². The maximum atomic E-state index is 13.4. The number of benzene rings is 2. The van der Waals surface area contributed by atoms with Crippen molar-refractivity contribution in [3.05, 3.63) is 59.9 Å². The molecule has 21 heavy (non-hydrogen) atoms. The molecule has 2 aromatic rings. The lowest BCUT2D eigenvalue weighted by Crippen LogP contribution is -2.10. The van der Waals surface area contributed by atoms with E-state index in [9.17, 15) is 4.39 Å². The van der Waals surface area contributed by atoms with Gasteiger partial charge in [-0.25, -0.2) is 4.39 Å². The van der Waals surface area contributed by atoms with Gasteiger partial charge in [0.2, 0.25) is 0 Å². The predicted molar refractivity (Wildman–Crippen MR) is 90.8 cm³/mol. The van der Waals surface area contributed by atoms with Gasteiger partial charge in [0, 0.05) is 17.2 Å². The molecule has 0 amide bonds. The van der Waals surface area contributed by atoms with Gasteiger partial charge < -0.3 is 5.32 Å². The van der Waals surface area contributed by atoms with Crippen molar-refractivity contribution in [3.8, 4) is 0 Å². The monoisotopic (exact) mass is 303 g/mol. The quantitative estimate of drug-likeness (QED) is 0.592. The molecule has 0 atom stereocenters. The van der Waals surface area contributed by atoms with Gasteiger partial charge in [0.1, 0.15) is 5.82 Å². The Morgan fingerprint density at radius 3 is 2.29 bits per heavy atom. The van der Waals surface area contributed by atoms with Crippen molar-refractivity contribution >= 4 is 17.4 Å². The molecular weight excluding hydrogens is 281 g/mol. The predicted octanol–water partition coefficient (Wildman–Crippen LogP) is 5.33. The number of nitrogens with one attached hydrogen (secondary N) is 1. The van der Waals surface area contributed by atoms with Crippen molar-refractivity contribution in [2.75, 3.05) is 17.6 Å². The van der Waals surface area contributed by atoms with E-state index in [2.05, 4.69) is 50.4 Å². The summed E-state index contributed by atoms with van der Waals surface area (Å²) in [5.41, 5.74) is 2.10. The van der Waals surface area contributed by atoms with Crippen LogP contribution in [0.25, 0.3) is 0 Å². The minimum atomic E-state index is -0.197. The molecule has 2 rings (SSSR count). The Bertz CT molecular complexity index is 573. The standard InChI is InChI=1S/C18H22FNS/c1-18(2,3)14-8-10-15(11-9-14)21-13-12-20-17-7-5-4-6-16(17)19/h4-11,20H,12-13H2,1-3H3. The summed E-state index contributed by atoms with van der Waals surface area (Å²) in [4.78, 5) is 1.25. The average molecular weight is 303 g/mol. The maximum absolute atomic E-state index is 13.4. The molecule has 0 saturated carbocycles. The summed E-state index contributed by atoms with van der Waals surface area (Å²) < 4.78 is 13.4. The highest BCUT2D eigenvalue weighted by Gasteiger charge is 2.12. The SMILES string of the molecule is CC(C)(C)c1ccc(SCCNc2ccccc2F)cc1. The van der Waals surface area contributed by atoms with Crippen LogP contribution < -0.4 is 5.32 Å². The Balaban J connectivity index is 1.80. The van der Waals surface area contributed by atoms with Gasteiger partial charge in [-0.05, 0) is 35.2 Å². The fourth-order valence-corrected chi connectivity index (χ4v) is 2.78. The normalized spacial score (nSPS) is 11.4. The number of hydrogen-bond acceptors (Lipinski definition) is 2. The van der Waals surface area contributed by atoms with Gasteiger partial charge in [-0.1, -0.05) is 45.0 Å². The van der Waals surface area contributed by atoms with Crippen LogP contribution >= 0.6 is 11.8 Å². The lowest BCUT2D eigenvalue weighted by molar-refractivity contribution is 0.590. The van der Waals surface area contributed by atoms with Gasteiger partial charge in [0.15, 0.2) is 0 Å². The molecule has 0 aliphatic rings. The van der Waals surface area contributed by atoms with E-state index in [-0.39, 0.29) is 11.2 Å². The number of rotatable bonds is 5. The highest BCUT2D eigenvalue weighted by molar-refractivity contribution is 7.99. The lowest BCUT2D eigenvalue weighted by Gasteiger charge is -2.19. The van der Waals surface area contributed by atoms with Crippen molar-refractivity contribution < 1.29 is 4.39 Å². The highest BCUT2D eigenvalue weighted by atomic mass is 32.2. The van der Waals surface area contributed by atoms with Crippen LogP contribution in [0.1, 0.15) is 26.3 Å².